The van der Waals surface area contributed by atoms with Gasteiger partial charge in [-0.3, -0.25) is 4.84 Å². The van der Waals surface area contributed by atoms with Gasteiger partial charge in [0.1, 0.15) is 5.75 Å². The predicted molar refractivity (Wildman–Crippen MR) is 61.9 cm³/mol. The Labute approximate surface area is 103 Å². The van der Waals surface area contributed by atoms with Crippen molar-refractivity contribution in [1.29, 1.82) is 0 Å². The lowest BCUT2D eigenvalue weighted by atomic mass is 10.1. The molecule has 0 aliphatic carbocycles. The Hall–Kier alpha value is -2.28. The minimum atomic E-state index is -1.04. The van der Waals surface area contributed by atoms with E-state index in [1.807, 2.05) is 0 Å². The van der Waals surface area contributed by atoms with Gasteiger partial charge in [0, 0.05) is 17.5 Å². The van der Waals surface area contributed by atoms with E-state index in [2.05, 4.69) is 15.5 Å². The minimum Gasteiger partial charge on any atom is -0.487 e. The molecule has 0 saturated heterocycles. The number of aromatic carboxylic acids is 1. The maximum absolute atomic E-state index is 10.8. The van der Waals surface area contributed by atoms with Crippen LogP contribution in [0.25, 0.3) is 10.4 Å². The zero-order valence-electron chi connectivity index (χ0n) is 9.66. The van der Waals surface area contributed by atoms with Crippen LogP contribution in [0.3, 0.4) is 0 Å². The van der Waals surface area contributed by atoms with Crippen LogP contribution in [-0.4, -0.2) is 24.9 Å². The summed E-state index contributed by atoms with van der Waals surface area (Å²) in [6, 6.07) is 4.33. The molecule has 0 unspecified atom stereocenters. The van der Waals surface area contributed by atoms with E-state index in [9.17, 15) is 4.79 Å². The molecule has 18 heavy (non-hydrogen) atoms. The number of hydrogen-bond donors (Lipinski definition) is 2. The van der Waals surface area contributed by atoms with Gasteiger partial charge in [0.05, 0.1) is 12.2 Å². The lowest BCUT2D eigenvalue weighted by Crippen LogP contribution is -2.09. The molecule has 1 aromatic carbocycles. The molecule has 0 spiro atoms. The number of benzene rings is 1. The van der Waals surface area contributed by atoms with Gasteiger partial charge in [-0.05, 0) is 23.7 Å². The molecule has 0 aliphatic heterocycles. The maximum Gasteiger partial charge on any atom is 0.335 e. The Morgan fingerprint density at radius 3 is 3.00 bits per heavy atom. The average molecular weight is 252 g/mol. The zero-order valence-corrected chi connectivity index (χ0v) is 9.66. The minimum absolute atomic E-state index is 0.126. The Balaban J connectivity index is 2.92. The molecule has 2 N–H and O–H groups in total. The second-order valence-electron chi connectivity index (χ2n) is 3.12. The summed E-state index contributed by atoms with van der Waals surface area (Å²) in [6.07, 6.45) is 0. The fourth-order valence-corrected chi connectivity index (χ4v) is 1.24. The summed E-state index contributed by atoms with van der Waals surface area (Å²) in [6.45, 7) is -0.0430. The van der Waals surface area contributed by atoms with Gasteiger partial charge in [0.2, 0.25) is 0 Å². The number of carbonyl (C=O) groups is 1. The first-order valence-electron chi connectivity index (χ1n) is 4.97. The zero-order chi connectivity index (χ0) is 13.4. The third-order valence-electron chi connectivity index (χ3n) is 2.02. The Bertz CT molecular complexity index is 471. The number of rotatable bonds is 7. The number of hydrogen-bond acceptors (Lipinski definition) is 5. The van der Waals surface area contributed by atoms with E-state index in [-0.39, 0.29) is 18.9 Å². The van der Waals surface area contributed by atoms with Gasteiger partial charge >= 0.3 is 5.97 Å². The number of nitrogens with zero attached hydrogens (tertiary/aromatic N) is 3. The lowest BCUT2D eigenvalue weighted by molar-refractivity contribution is 0.0429. The number of azide groups is 1. The van der Waals surface area contributed by atoms with E-state index in [0.717, 1.165) is 0 Å². The van der Waals surface area contributed by atoms with Crippen LogP contribution in [0.4, 0.5) is 0 Å². The Morgan fingerprint density at radius 1 is 1.61 bits per heavy atom. The highest BCUT2D eigenvalue weighted by molar-refractivity contribution is 5.88. The van der Waals surface area contributed by atoms with Gasteiger partial charge in [0.15, 0.2) is 6.73 Å². The summed E-state index contributed by atoms with van der Waals surface area (Å²) in [7, 11) is 1.58. The number of carboxylic acid groups (broad SMARTS) is 1. The molecule has 1 rings (SSSR count). The molecule has 0 saturated carbocycles. The quantitative estimate of drug-likeness (QED) is 0.331. The summed E-state index contributed by atoms with van der Waals surface area (Å²) in [5.74, 6) is -0.634. The van der Waals surface area contributed by atoms with Crippen LogP contribution < -0.4 is 10.2 Å². The largest absolute Gasteiger partial charge is 0.487 e. The normalized spacial score (nSPS) is 9.61. The molecule has 0 heterocycles. The Morgan fingerprint density at radius 2 is 2.39 bits per heavy atom. The molecular formula is C10H12N4O4. The van der Waals surface area contributed by atoms with E-state index in [1.165, 1.54) is 18.2 Å². The van der Waals surface area contributed by atoms with Crippen LogP contribution in [0.2, 0.25) is 0 Å². The maximum atomic E-state index is 10.8. The molecule has 0 aliphatic rings. The van der Waals surface area contributed by atoms with Gasteiger partial charge in [-0.15, -0.1) is 0 Å². The van der Waals surface area contributed by atoms with Crippen molar-refractivity contribution in [1.82, 2.24) is 5.48 Å². The topological polar surface area (TPSA) is 117 Å². The van der Waals surface area contributed by atoms with Crippen LogP contribution in [0.1, 0.15) is 15.9 Å². The van der Waals surface area contributed by atoms with E-state index in [0.29, 0.717) is 11.3 Å². The van der Waals surface area contributed by atoms with Crippen molar-refractivity contribution in [2.45, 2.75) is 6.61 Å². The first-order valence-corrected chi connectivity index (χ1v) is 4.97. The molecule has 8 heteroatoms. The predicted octanol–water partition coefficient (Wildman–Crippen LogP) is 1.68. The SMILES string of the molecule is CNOCc1cc(C(=O)O)ccc1OCN=[N+]=[N-]. The van der Waals surface area contributed by atoms with Crippen molar-refractivity contribution in [3.05, 3.63) is 39.8 Å². The van der Waals surface area contributed by atoms with Crippen LogP contribution in [0, 0.1) is 0 Å². The summed E-state index contributed by atoms with van der Waals surface area (Å²) >= 11 is 0. The van der Waals surface area contributed by atoms with Gasteiger partial charge in [-0.25, -0.2) is 10.3 Å². The molecule has 0 bridgehead atoms. The molecule has 0 amide bonds. The molecule has 0 aromatic heterocycles. The van der Waals surface area contributed by atoms with Crippen molar-refractivity contribution >= 4 is 5.97 Å². The van der Waals surface area contributed by atoms with E-state index in [1.54, 1.807) is 7.05 Å². The Kier molecular flexibility index (Phi) is 5.46. The van der Waals surface area contributed by atoms with E-state index >= 15 is 0 Å². The van der Waals surface area contributed by atoms with Crippen LogP contribution in [-0.2, 0) is 11.4 Å². The van der Waals surface area contributed by atoms with Crippen molar-refractivity contribution in [2.24, 2.45) is 5.11 Å². The monoisotopic (exact) mass is 252 g/mol. The highest BCUT2D eigenvalue weighted by Crippen LogP contribution is 2.21. The third kappa shape index (κ3) is 3.95. The van der Waals surface area contributed by atoms with Crippen molar-refractivity contribution in [3.8, 4) is 5.75 Å². The second-order valence-corrected chi connectivity index (χ2v) is 3.12. The standard InChI is InChI=1S/C10H12N4O4/c1-12-18-5-8-4-7(10(15)16)2-3-9(8)17-6-13-14-11/h2-4,12H,5-6H2,1H3,(H,15,16). The number of nitrogens with one attached hydrogen (secondary N) is 1. The number of hydroxylamine groups is 1. The highest BCUT2D eigenvalue weighted by atomic mass is 16.6. The van der Waals surface area contributed by atoms with Crippen LogP contribution >= 0.6 is 0 Å². The number of carboxylic acids is 1. The van der Waals surface area contributed by atoms with Gasteiger partial charge in [-0.1, -0.05) is 5.11 Å². The molecule has 0 radical (unpaired) electrons. The van der Waals surface area contributed by atoms with E-state index in [4.69, 9.17) is 20.2 Å². The van der Waals surface area contributed by atoms with Gasteiger partial charge in [-0.2, -0.15) is 0 Å². The first-order chi connectivity index (χ1) is 8.69. The fraction of sp³-hybridized carbons (Fsp3) is 0.300. The summed E-state index contributed by atoms with van der Waals surface area (Å²) in [4.78, 5) is 18.4. The number of ether oxygens (including phenoxy) is 1. The molecule has 8 nitrogen and oxygen atoms in total. The fourth-order valence-electron chi connectivity index (χ4n) is 1.24. The summed E-state index contributed by atoms with van der Waals surface area (Å²) < 4.78 is 5.19. The van der Waals surface area contributed by atoms with E-state index < -0.39 is 5.97 Å². The molecule has 0 fully saturated rings. The van der Waals surface area contributed by atoms with Gasteiger partial charge < -0.3 is 9.84 Å². The molecule has 0 atom stereocenters. The smallest absolute Gasteiger partial charge is 0.335 e. The van der Waals surface area contributed by atoms with Crippen molar-refractivity contribution in [2.75, 3.05) is 13.8 Å². The summed E-state index contributed by atoms with van der Waals surface area (Å²) in [5, 5.41) is 12.1. The first kappa shape index (κ1) is 13.8. The lowest BCUT2D eigenvalue weighted by Gasteiger charge is -2.10. The third-order valence-corrected chi connectivity index (χ3v) is 2.02. The molecule has 1 aromatic rings. The molecular weight excluding hydrogens is 240 g/mol. The highest BCUT2D eigenvalue weighted by Gasteiger charge is 2.09. The van der Waals surface area contributed by atoms with Crippen LogP contribution in [0.15, 0.2) is 23.3 Å². The average Bonchev–Trinajstić information content (AvgIpc) is 2.37. The van der Waals surface area contributed by atoms with Crippen molar-refractivity contribution in [3.63, 3.8) is 0 Å². The summed E-state index contributed by atoms with van der Waals surface area (Å²) in [5.41, 5.74) is 11.3. The second kappa shape index (κ2) is 7.13. The van der Waals surface area contributed by atoms with Crippen LogP contribution in [0.5, 0.6) is 5.75 Å². The van der Waals surface area contributed by atoms with Gasteiger partial charge in [0.25, 0.3) is 0 Å². The molecule has 96 valence electrons. The van der Waals surface area contributed by atoms with Crippen molar-refractivity contribution < 1.29 is 19.5 Å².